The summed E-state index contributed by atoms with van der Waals surface area (Å²) in [6.07, 6.45) is 4.10. The van der Waals surface area contributed by atoms with E-state index < -0.39 is 0 Å². The Bertz CT molecular complexity index is 715. The molecule has 3 aromatic rings. The Hall–Kier alpha value is -2.36. The third-order valence-corrected chi connectivity index (χ3v) is 3.56. The third kappa shape index (κ3) is 2.13. The fourth-order valence-corrected chi connectivity index (χ4v) is 2.17. The molecule has 0 aliphatic carbocycles. The molecule has 2 aromatic heterocycles. The van der Waals surface area contributed by atoms with Crippen molar-refractivity contribution in [3.63, 3.8) is 0 Å². The minimum absolute atomic E-state index is 0.750. The Morgan fingerprint density at radius 2 is 1.65 bits per heavy atom. The smallest absolute Gasteiger partial charge is 0.234 e. The van der Waals surface area contributed by atoms with E-state index in [9.17, 15) is 0 Å². The molecule has 0 aliphatic heterocycles. The number of benzene rings is 1. The Kier molecular flexibility index (Phi) is 2.93. The van der Waals surface area contributed by atoms with Gasteiger partial charge < -0.3 is 4.90 Å². The lowest BCUT2D eigenvalue weighted by atomic mass is 10.1. The van der Waals surface area contributed by atoms with Crippen molar-refractivity contribution >= 4 is 11.5 Å². The number of fused-ring (bicyclic) bond motifs is 1. The van der Waals surface area contributed by atoms with Crippen LogP contribution in [0.2, 0.25) is 0 Å². The predicted octanol–water partition coefficient (Wildman–Crippen LogP) is 3.08. The second-order valence-electron chi connectivity index (χ2n) is 5.28. The summed E-state index contributed by atoms with van der Waals surface area (Å²) in [7, 11) is 4.07. The van der Waals surface area contributed by atoms with Crippen LogP contribution in [-0.4, -0.2) is 28.5 Å². The summed E-state index contributed by atoms with van der Waals surface area (Å²) in [4.78, 5) is 11.2. The van der Waals surface area contributed by atoms with Crippen LogP contribution in [0.15, 0.2) is 36.7 Å². The Labute approximate surface area is 118 Å². The molecule has 0 unspecified atom stereocenters. The van der Waals surface area contributed by atoms with Crippen molar-refractivity contribution in [2.75, 3.05) is 19.0 Å². The Morgan fingerprint density at radius 1 is 0.950 bits per heavy atom. The lowest BCUT2D eigenvalue weighted by Gasteiger charge is -2.11. The molecule has 0 aliphatic rings. The van der Waals surface area contributed by atoms with E-state index in [-0.39, 0.29) is 0 Å². The first kappa shape index (κ1) is 12.7. The number of imidazole rings is 1. The van der Waals surface area contributed by atoms with Gasteiger partial charge >= 0.3 is 0 Å². The fraction of sp³-hybridized carbons (Fsp3) is 0.250. The SMILES string of the molecule is Cc1cn2cc(-c3ccc(N(C)C)cc3)nc2nc1C. The topological polar surface area (TPSA) is 33.4 Å². The first-order valence-electron chi connectivity index (χ1n) is 6.65. The van der Waals surface area contributed by atoms with Gasteiger partial charge in [-0.1, -0.05) is 12.1 Å². The lowest BCUT2D eigenvalue weighted by Crippen LogP contribution is -2.07. The van der Waals surface area contributed by atoms with Crippen LogP contribution in [-0.2, 0) is 0 Å². The van der Waals surface area contributed by atoms with Gasteiger partial charge in [0.05, 0.1) is 5.69 Å². The maximum Gasteiger partial charge on any atom is 0.234 e. The molecule has 0 spiro atoms. The van der Waals surface area contributed by atoms with Crippen molar-refractivity contribution in [3.05, 3.63) is 47.9 Å². The minimum atomic E-state index is 0.750. The minimum Gasteiger partial charge on any atom is -0.378 e. The monoisotopic (exact) mass is 266 g/mol. The molecule has 0 fully saturated rings. The molecule has 1 aromatic carbocycles. The van der Waals surface area contributed by atoms with E-state index in [0.29, 0.717) is 0 Å². The molecule has 0 saturated carbocycles. The number of hydrogen-bond acceptors (Lipinski definition) is 3. The standard InChI is InChI=1S/C16H18N4/c1-11-9-20-10-15(18-16(20)17-12(11)2)13-5-7-14(8-6-13)19(3)4/h5-10H,1-4H3. The van der Waals surface area contributed by atoms with Gasteiger partial charge in [-0.05, 0) is 31.5 Å². The highest BCUT2D eigenvalue weighted by Crippen LogP contribution is 2.22. The average Bonchev–Trinajstić information content (AvgIpc) is 2.82. The molecule has 4 nitrogen and oxygen atoms in total. The average molecular weight is 266 g/mol. The quantitative estimate of drug-likeness (QED) is 0.714. The van der Waals surface area contributed by atoms with Gasteiger partial charge in [-0.2, -0.15) is 0 Å². The van der Waals surface area contributed by atoms with Crippen LogP contribution in [0.1, 0.15) is 11.3 Å². The number of aromatic nitrogens is 3. The van der Waals surface area contributed by atoms with E-state index in [1.54, 1.807) is 0 Å². The molecular formula is C16H18N4. The molecule has 102 valence electrons. The molecule has 20 heavy (non-hydrogen) atoms. The second-order valence-corrected chi connectivity index (χ2v) is 5.28. The molecule has 3 rings (SSSR count). The first-order valence-corrected chi connectivity index (χ1v) is 6.65. The van der Waals surface area contributed by atoms with Gasteiger partial charge in [0.2, 0.25) is 5.78 Å². The third-order valence-electron chi connectivity index (χ3n) is 3.56. The van der Waals surface area contributed by atoms with Gasteiger partial charge in [0.25, 0.3) is 0 Å². The van der Waals surface area contributed by atoms with Gasteiger partial charge in [-0.15, -0.1) is 0 Å². The van der Waals surface area contributed by atoms with E-state index in [2.05, 4.69) is 52.3 Å². The highest BCUT2D eigenvalue weighted by Gasteiger charge is 2.07. The molecule has 0 atom stereocenters. The summed E-state index contributed by atoms with van der Waals surface area (Å²) in [6.45, 7) is 4.07. The van der Waals surface area contributed by atoms with Gasteiger partial charge in [0.1, 0.15) is 0 Å². The maximum atomic E-state index is 4.60. The van der Waals surface area contributed by atoms with Crippen molar-refractivity contribution in [2.45, 2.75) is 13.8 Å². The van der Waals surface area contributed by atoms with Crippen LogP contribution in [0.3, 0.4) is 0 Å². The highest BCUT2D eigenvalue weighted by atomic mass is 15.1. The number of rotatable bonds is 2. The maximum absolute atomic E-state index is 4.60. The van der Waals surface area contributed by atoms with E-state index in [1.807, 2.05) is 31.6 Å². The van der Waals surface area contributed by atoms with Crippen LogP contribution in [0, 0.1) is 13.8 Å². The van der Waals surface area contributed by atoms with Crippen molar-refractivity contribution in [2.24, 2.45) is 0 Å². The summed E-state index contributed by atoms with van der Waals surface area (Å²) in [5.41, 5.74) is 5.44. The van der Waals surface area contributed by atoms with E-state index in [0.717, 1.165) is 22.7 Å². The number of aryl methyl sites for hydroxylation is 2. The van der Waals surface area contributed by atoms with Crippen molar-refractivity contribution in [1.82, 2.24) is 14.4 Å². The van der Waals surface area contributed by atoms with Gasteiger partial charge in [0, 0.05) is 43.4 Å². The second kappa shape index (κ2) is 4.63. The summed E-state index contributed by atoms with van der Waals surface area (Å²) < 4.78 is 1.98. The lowest BCUT2D eigenvalue weighted by molar-refractivity contribution is 1.04. The fourth-order valence-electron chi connectivity index (χ4n) is 2.17. The first-order chi connectivity index (χ1) is 9.54. The van der Waals surface area contributed by atoms with E-state index in [4.69, 9.17) is 0 Å². The van der Waals surface area contributed by atoms with Crippen LogP contribution in [0.5, 0.6) is 0 Å². The normalized spacial score (nSPS) is 11.0. The molecule has 0 N–H and O–H groups in total. The van der Waals surface area contributed by atoms with Gasteiger partial charge in [-0.3, -0.25) is 4.40 Å². The zero-order chi connectivity index (χ0) is 14.3. The Balaban J connectivity index is 2.05. The largest absolute Gasteiger partial charge is 0.378 e. The van der Waals surface area contributed by atoms with E-state index in [1.165, 1.54) is 11.3 Å². The summed E-state index contributed by atoms with van der Waals surface area (Å²) in [5.74, 6) is 0.750. The van der Waals surface area contributed by atoms with Crippen molar-refractivity contribution in [3.8, 4) is 11.3 Å². The molecule has 0 saturated heterocycles. The van der Waals surface area contributed by atoms with Crippen LogP contribution in [0.4, 0.5) is 5.69 Å². The molecule has 4 heteroatoms. The number of anilines is 1. The summed E-state index contributed by atoms with van der Waals surface area (Å²) >= 11 is 0. The van der Waals surface area contributed by atoms with Crippen molar-refractivity contribution < 1.29 is 0 Å². The molecular weight excluding hydrogens is 248 g/mol. The van der Waals surface area contributed by atoms with Crippen LogP contribution >= 0.6 is 0 Å². The number of hydrogen-bond donors (Lipinski definition) is 0. The summed E-state index contributed by atoms with van der Waals surface area (Å²) in [5, 5.41) is 0. The highest BCUT2D eigenvalue weighted by molar-refractivity contribution is 5.64. The molecule has 0 amide bonds. The van der Waals surface area contributed by atoms with Gasteiger partial charge in [0.15, 0.2) is 0 Å². The van der Waals surface area contributed by atoms with Crippen molar-refractivity contribution in [1.29, 1.82) is 0 Å². The van der Waals surface area contributed by atoms with E-state index >= 15 is 0 Å². The number of nitrogens with zero attached hydrogens (tertiary/aromatic N) is 4. The molecule has 0 bridgehead atoms. The summed E-state index contributed by atoms with van der Waals surface area (Å²) in [6, 6.07) is 8.39. The Morgan fingerprint density at radius 3 is 2.30 bits per heavy atom. The van der Waals surface area contributed by atoms with Crippen LogP contribution in [0.25, 0.3) is 17.0 Å². The van der Waals surface area contributed by atoms with Crippen LogP contribution < -0.4 is 4.90 Å². The zero-order valence-electron chi connectivity index (χ0n) is 12.3. The predicted molar refractivity (Wildman–Crippen MR) is 82.2 cm³/mol. The molecule has 0 radical (unpaired) electrons. The zero-order valence-corrected chi connectivity index (χ0v) is 12.3. The molecule has 2 heterocycles. The van der Waals surface area contributed by atoms with Gasteiger partial charge in [-0.25, -0.2) is 9.97 Å².